The highest BCUT2D eigenvalue weighted by molar-refractivity contribution is 5.94. The van der Waals surface area contributed by atoms with Crippen LogP contribution in [0, 0.1) is 11.8 Å². The van der Waals surface area contributed by atoms with Gasteiger partial charge >= 0.3 is 0 Å². The van der Waals surface area contributed by atoms with Gasteiger partial charge in [-0.25, -0.2) is 0 Å². The molecule has 1 aromatic carbocycles. The van der Waals surface area contributed by atoms with E-state index in [0.717, 1.165) is 23.1 Å². The van der Waals surface area contributed by atoms with E-state index in [9.17, 15) is 4.79 Å². The second kappa shape index (κ2) is 4.87. The monoisotopic (exact) mass is 258 g/mol. The normalized spacial score (nSPS) is 28.4. The molecule has 0 aromatic heterocycles. The van der Waals surface area contributed by atoms with Gasteiger partial charge in [-0.3, -0.25) is 4.79 Å². The highest BCUT2D eigenvalue weighted by Gasteiger charge is 2.39. The summed E-state index contributed by atoms with van der Waals surface area (Å²) in [6.07, 6.45) is 5.49. The first-order valence-electron chi connectivity index (χ1n) is 7.22. The Morgan fingerprint density at radius 3 is 2.74 bits per heavy atom. The Morgan fingerprint density at radius 2 is 2.11 bits per heavy atom. The fourth-order valence-electron chi connectivity index (χ4n) is 3.64. The molecule has 2 fully saturated rings. The molecule has 0 radical (unpaired) electrons. The van der Waals surface area contributed by atoms with Gasteiger partial charge in [-0.2, -0.15) is 0 Å². The van der Waals surface area contributed by atoms with E-state index >= 15 is 0 Å². The van der Waals surface area contributed by atoms with Gasteiger partial charge in [0.1, 0.15) is 0 Å². The minimum absolute atomic E-state index is 0.0663. The van der Waals surface area contributed by atoms with Crippen LogP contribution in [0.15, 0.2) is 24.3 Å². The van der Waals surface area contributed by atoms with E-state index in [1.54, 1.807) is 19.0 Å². The van der Waals surface area contributed by atoms with Crippen molar-refractivity contribution in [3.8, 4) is 0 Å². The van der Waals surface area contributed by atoms with Crippen molar-refractivity contribution in [1.82, 2.24) is 4.90 Å². The molecule has 0 spiro atoms. The Kier molecular flexibility index (Phi) is 3.21. The van der Waals surface area contributed by atoms with Crippen molar-refractivity contribution in [3.63, 3.8) is 0 Å². The summed E-state index contributed by atoms with van der Waals surface area (Å²) in [5, 5.41) is 3.64. The van der Waals surface area contributed by atoms with E-state index in [4.69, 9.17) is 0 Å². The zero-order valence-electron chi connectivity index (χ0n) is 11.7. The second-order valence-electron chi connectivity index (χ2n) is 6.21. The van der Waals surface area contributed by atoms with E-state index in [-0.39, 0.29) is 5.91 Å². The molecule has 1 amide bonds. The molecule has 0 heterocycles. The first kappa shape index (κ1) is 12.5. The fourth-order valence-corrected chi connectivity index (χ4v) is 3.64. The number of rotatable bonds is 3. The maximum absolute atomic E-state index is 12.0. The molecule has 0 aliphatic heterocycles. The van der Waals surface area contributed by atoms with Crippen molar-refractivity contribution < 1.29 is 4.79 Å². The van der Waals surface area contributed by atoms with Gasteiger partial charge in [-0.05, 0) is 49.3 Å². The van der Waals surface area contributed by atoms with Crippen LogP contribution in [0.25, 0.3) is 0 Å². The number of amides is 1. The van der Waals surface area contributed by atoms with Crippen molar-refractivity contribution in [2.24, 2.45) is 11.8 Å². The van der Waals surface area contributed by atoms with Crippen LogP contribution >= 0.6 is 0 Å². The number of fused-ring (bicyclic) bond motifs is 2. The lowest BCUT2D eigenvalue weighted by molar-refractivity contribution is 0.0827. The lowest BCUT2D eigenvalue weighted by Gasteiger charge is -2.24. The Labute approximate surface area is 115 Å². The summed E-state index contributed by atoms with van der Waals surface area (Å²) in [5.41, 5.74) is 1.85. The number of hydrogen-bond acceptors (Lipinski definition) is 2. The van der Waals surface area contributed by atoms with Crippen molar-refractivity contribution >= 4 is 11.6 Å². The zero-order valence-corrected chi connectivity index (χ0v) is 11.7. The summed E-state index contributed by atoms with van der Waals surface area (Å²) in [6, 6.07) is 8.51. The van der Waals surface area contributed by atoms with Gasteiger partial charge in [0, 0.05) is 31.4 Å². The predicted octanol–water partition coefficient (Wildman–Crippen LogP) is 2.99. The average Bonchev–Trinajstić information content (AvgIpc) is 3.00. The average molecular weight is 258 g/mol. The Balaban J connectivity index is 1.71. The van der Waals surface area contributed by atoms with Gasteiger partial charge in [0.15, 0.2) is 0 Å². The molecule has 0 saturated heterocycles. The van der Waals surface area contributed by atoms with Crippen molar-refractivity contribution in [2.75, 3.05) is 19.4 Å². The lowest BCUT2D eigenvalue weighted by atomic mass is 9.95. The minimum atomic E-state index is 0.0663. The molecule has 3 nitrogen and oxygen atoms in total. The van der Waals surface area contributed by atoms with Crippen LogP contribution in [0.2, 0.25) is 0 Å². The molecule has 2 bridgehead atoms. The molecule has 19 heavy (non-hydrogen) atoms. The molecule has 3 unspecified atom stereocenters. The van der Waals surface area contributed by atoms with Crippen molar-refractivity contribution in [2.45, 2.75) is 31.7 Å². The van der Waals surface area contributed by atoms with Crippen LogP contribution in [0.3, 0.4) is 0 Å². The Hall–Kier alpha value is -1.51. The van der Waals surface area contributed by atoms with E-state index in [0.29, 0.717) is 6.04 Å². The first-order chi connectivity index (χ1) is 9.13. The van der Waals surface area contributed by atoms with Crippen LogP contribution in [-0.4, -0.2) is 30.9 Å². The summed E-state index contributed by atoms with van der Waals surface area (Å²) in [5.74, 6) is 1.85. The molecule has 2 aliphatic carbocycles. The van der Waals surface area contributed by atoms with Crippen LogP contribution in [0.1, 0.15) is 36.0 Å². The van der Waals surface area contributed by atoms with Gasteiger partial charge < -0.3 is 10.2 Å². The zero-order chi connectivity index (χ0) is 13.4. The molecular weight excluding hydrogens is 236 g/mol. The molecule has 1 aromatic rings. The number of benzene rings is 1. The van der Waals surface area contributed by atoms with Crippen LogP contribution in [-0.2, 0) is 0 Å². The summed E-state index contributed by atoms with van der Waals surface area (Å²) >= 11 is 0. The smallest absolute Gasteiger partial charge is 0.253 e. The number of nitrogens with one attached hydrogen (secondary N) is 1. The maximum atomic E-state index is 12.0. The molecule has 2 aliphatic rings. The summed E-state index contributed by atoms with van der Waals surface area (Å²) in [6.45, 7) is 0. The fraction of sp³-hybridized carbons (Fsp3) is 0.562. The first-order valence-corrected chi connectivity index (χ1v) is 7.22. The van der Waals surface area contributed by atoms with Crippen molar-refractivity contribution in [3.05, 3.63) is 29.8 Å². The van der Waals surface area contributed by atoms with Crippen LogP contribution < -0.4 is 5.32 Å². The van der Waals surface area contributed by atoms with E-state index in [1.165, 1.54) is 25.7 Å². The summed E-state index contributed by atoms with van der Waals surface area (Å²) < 4.78 is 0. The Morgan fingerprint density at radius 1 is 1.26 bits per heavy atom. The molecule has 1 N–H and O–H groups in total. The number of anilines is 1. The van der Waals surface area contributed by atoms with Gasteiger partial charge in [-0.1, -0.05) is 12.5 Å². The maximum Gasteiger partial charge on any atom is 0.253 e. The highest BCUT2D eigenvalue weighted by Crippen LogP contribution is 2.45. The standard InChI is InChI=1S/C16H22N2O/c1-18(2)16(19)13-4-3-5-14(10-13)17-15-9-11-6-7-12(15)8-11/h3-5,10-12,15,17H,6-9H2,1-2H3. The van der Waals surface area contributed by atoms with Gasteiger partial charge in [0.05, 0.1) is 0 Å². The van der Waals surface area contributed by atoms with Crippen LogP contribution in [0.4, 0.5) is 5.69 Å². The van der Waals surface area contributed by atoms with E-state index < -0.39 is 0 Å². The third kappa shape index (κ3) is 2.46. The number of nitrogens with zero attached hydrogens (tertiary/aromatic N) is 1. The van der Waals surface area contributed by atoms with Crippen LogP contribution in [0.5, 0.6) is 0 Å². The molecule has 3 atom stereocenters. The SMILES string of the molecule is CN(C)C(=O)c1cccc(NC2CC3CCC2C3)c1. The summed E-state index contributed by atoms with van der Waals surface area (Å²) in [7, 11) is 3.58. The molecule has 3 rings (SSSR count). The third-order valence-corrected chi connectivity index (χ3v) is 4.61. The van der Waals surface area contributed by atoms with Gasteiger partial charge in [-0.15, -0.1) is 0 Å². The molecule has 3 heteroatoms. The van der Waals surface area contributed by atoms with E-state index in [2.05, 4.69) is 11.4 Å². The molecule has 2 saturated carbocycles. The summed E-state index contributed by atoms with van der Waals surface area (Å²) in [4.78, 5) is 13.6. The van der Waals surface area contributed by atoms with Gasteiger partial charge in [0.2, 0.25) is 0 Å². The largest absolute Gasteiger partial charge is 0.382 e. The number of carbonyl (C=O) groups excluding carboxylic acids is 1. The van der Waals surface area contributed by atoms with E-state index in [1.807, 2.05) is 18.2 Å². The second-order valence-corrected chi connectivity index (χ2v) is 6.21. The topological polar surface area (TPSA) is 32.3 Å². The minimum Gasteiger partial charge on any atom is -0.382 e. The van der Waals surface area contributed by atoms with Gasteiger partial charge in [0.25, 0.3) is 5.91 Å². The lowest BCUT2D eigenvalue weighted by Crippen LogP contribution is -2.26. The highest BCUT2D eigenvalue weighted by atomic mass is 16.2. The molecule has 102 valence electrons. The third-order valence-electron chi connectivity index (χ3n) is 4.61. The predicted molar refractivity (Wildman–Crippen MR) is 77.3 cm³/mol. The van der Waals surface area contributed by atoms with Crippen molar-refractivity contribution in [1.29, 1.82) is 0 Å². The number of carbonyl (C=O) groups is 1. The Bertz CT molecular complexity index is 483. The number of hydrogen-bond donors (Lipinski definition) is 1. The quantitative estimate of drug-likeness (QED) is 0.904. The molecular formula is C16H22N2O.